The van der Waals surface area contributed by atoms with Gasteiger partial charge in [0.2, 0.25) is 15.9 Å². The van der Waals surface area contributed by atoms with Crippen LogP contribution < -0.4 is 9.62 Å². The lowest BCUT2D eigenvalue weighted by molar-refractivity contribution is -0.119. The van der Waals surface area contributed by atoms with Gasteiger partial charge in [-0.2, -0.15) is 11.8 Å². The minimum absolute atomic E-state index is 0.150. The summed E-state index contributed by atoms with van der Waals surface area (Å²) in [5.41, 5.74) is 3.96. The second kappa shape index (κ2) is 10.7. The Balaban J connectivity index is 1.91. The first-order valence-corrected chi connectivity index (χ1v) is 12.7. The highest BCUT2D eigenvalue weighted by molar-refractivity contribution is 7.98. The fourth-order valence-corrected chi connectivity index (χ4v) is 4.71. The van der Waals surface area contributed by atoms with Crippen LogP contribution >= 0.6 is 11.8 Å². The third kappa shape index (κ3) is 7.40. The fraction of sp³-hybridized carbons (Fsp3) is 0.409. The minimum atomic E-state index is -3.58. The van der Waals surface area contributed by atoms with Crippen LogP contribution in [0.4, 0.5) is 5.69 Å². The molecule has 158 valence electrons. The van der Waals surface area contributed by atoms with Crippen molar-refractivity contribution in [3.05, 3.63) is 65.2 Å². The van der Waals surface area contributed by atoms with Gasteiger partial charge in [0.15, 0.2) is 0 Å². The van der Waals surface area contributed by atoms with E-state index < -0.39 is 10.0 Å². The molecule has 0 spiro atoms. The van der Waals surface area contributed by atoms with Crippen LogP contribution in [0.5, 0.6) is 0 Å². The number of aryl methyl sites for hydroxylation is 1. The largest absolute Gasteiger partial charge is 0.354 e. The first-order valence-electron chi connectivity index (χ1n) is 9.65. The van der Waals surface area contributed by atoms with Crippen LogP contribution in [0.25, 0.3) is 0 Å². The smallest absolute Gasteiger partial charge is 0.240 e. The Labute approximate surface area is 178 Å². The molecule has 0 heterocycles. The number of rotatable bonds is 10. The number of benzene rings is 2. The van der Waals surface area contributed by atoms with Crippen molar-refractivity contribution in [3.63, 3.8) is 0 Å². The molecule has 0 aromatic heterocycles. The number of para-hydroxylation sites is 1. The summed E-state index contributed by atoms with van der Waals surface area (Å²) in [4.78, 5) is 12.4. The molecule has 1 amide bonds. The molecule has 29 heavy (non-hydrogen) atoms. The van der Waals surface area contributed by atoms with Crippen LogP contribution in [0.15, 0.2) is 48.5 Å². The maximum atomic E-state index is 12.4. The van der Waals surface area contributed by atoms with E-state index in [-0.39, 0.29) is 18.4 Å². The highest BCUT2D eigenvalue weighted by Gasteiger charge is 2.23. The van der Waals surface area contributed by atoms with Crippen molar-refractivity contribution >= 4 is 33.4 Å². The molecule has 0 aliphatic carbocycles. The van der Waals surface area contributed by atoms with Crippen LogP contribution in [-0.2, 0) is 20.6 Å². The maximum Gasteiger partial charge on any atom is 0.240 e. The Bertz CT molecular complexity index is 927. The van der Waals surface area contributed by atoms with Gasteiger partial charge in [-0.25, -0.2) is 8.42 Å². The van der Waals surface area contributed by atoms with Crippen molar-refractivity contribution in [1.29, 1.82) is 0 Å². The molecule has 0 aliphatic heterocycles. The van der Waals surface area contributed by atoms with Gasteiger partial charge in [-0.3, -0.25) is 9.10 Å². The number of sulfonamides is 1. The van der Waals surface area contributed by atoms with Crippen molar-refractivity contribution in [2.75, 3.05) is 29.4 Å². The molecular formula is C22H30N2O3S2. The Morgan fingerprint density at radius 2 is 1.86 bits per heavy atom. The van der Waals surface area contributed by atoms with E-state index in [1.54, 1.807) is 23.9 Å². The topological polar surface area (TPSA) is 66.5 Å². The van der Waals surface area contributed by atoms with Crippen molar-refractivity contribution in [2.45, 2.75) is 32.4 Å². The van der Waals surface area contributed by atoms with E-state index in [2.05, 4.69) is 30.4 Å². The zero-order valence-electron chi connectivity index (χ0n) is 17.5. The quantitative estimate of drug-likeness (QED) is 0.575. The number of hydrogen-bond donors (Lipinski definition) is 1. The molecule has 0 aliphatic rings. The molecule has 0 fully saturated rings. The van der Waals surface area contributed by atoms with Crippen LogP contribution in [0, 0.1) is 6.92 Å². The van der Waals surface area contributed by atoms with E-state index in [1.165, 1.54) is 15.4 Å². The standard InChI is InChI=1S/C22H30N2O3S2/c1-17(2)20-10-5-6-11-21(20)24(29(4,26)27)15-22(25)23-12-13-28-16-19-9-7-8-18(3)14-19/h5-11,14,17H,12-13,15-16H2,1-4H3,(H,23,25). The van der Waals surface area contributed by atoms with E-state index in [9.17, 15) is 13.2 Å². The van der Waals surface area contributed by atoms with Gasteiger partial charge in [-0.1, -0.05) is 61.9 Å². The zero-order valence-corrected chi connectivity index (χ0v) is 19.1. The molecule has 2 rings (SSSR count). The Morgan fingerprint density at radius 1 is 1.14 bits per heavy atom. The second-order valence-corrected chi connectivity index (χ2v) is 10.4. The lowest BCUT2D eigenvalue weighted by Crippen LogP contribution is -2.41. The van der Waals surface area contributed by atoms with Gasteiger partial charge in [0, 0.05) is 18.1 Å². The highest BCUT2D eigenvalue weighted by atomic mass is 32.2. The third-order valence-electron chi connectivity index (χ3n) is 4.43. The zero-order chi connectivity index (χ0) is 21.4. The van der Waals surface area contributed by atoms with Crippen molar-refractivity contribution < 1.29 is 13.2 Å². The van der Waals surface area contributed by atoms with Gasteiger partial charge in [0.1, 0.15) is 6.54 Å². The molecule has 2 aromatic rings. The average molecular weight is 435 g/mol. The molecule has 0 saturated heterocycles. The van der Waals surface area contributed by atoms with Gasteiger partial charge in [0.25, 0.3) is 0 Å². The molecule has 0 atom stereocenters. The first-order chi connectivity index (χ1) is 13.7. The number of amides is 1. The molecule has 0 saturated carbocycles. The van der Waals surface area contributed by atoms with Crippen LogP contribution in [0.3, 0.4) is 0 Å². The molecule has 7 heteroatoms. The molecule has 2 aromatic carbocycles. The number of thioether (sulfide) groups is 1. The van der Waals surface area contributed by atoms with Gasteiger partial charge >= 0.3 is 0 Å². The second-order valence-electron chi connectivity index (χ2n) is 7.37. The summed E-state index contributed by atoms with van der Waals surface area (Å²) in [6, 6.07) is 15.7. The summed E-state index contributed by atoms with van der Waals surface area (Å²) in [6.45, 7) is 6.36. The molecule has 0 radical (unpaired) electrons. The van der Waals surface area contributed by atoms with Crippen molar-refractivity contribution in [2.24, 2.45) is 0 Å². The molecule has 5 nitrogen and oxygen atoms in total. The van der Waals surface area contributed by atoms with E-state index in [4.69, 9.17) is 0 Å². The minimum Gasteiger partial charge on any atom is -0.354 e. The number of hydrogen-bond acceptors (Lipinski definition) is 4. The monoisotopic (exact) mass is 434 g/mol. The summed E-state index contributed by atoms with van der Waals surface area (Å²) < 4.78 is 25.9. The van der Waals surface area contributed by atoms with Crippen LogP contribution in [0.2, 0.25) is 0 Å². The van der Waals surface area contributed by atoms with Crippen molar-refractivity contribution in [1.82, 2.24) is 5.32 Å². The Hall–Kier alpha value is -1.99. The van der Waals surface area contributed by atoms with Gasteiger partial charge in [-0.15, -0.1) is 0 Å². The Kier molecular flexibility index (Phi) is 8.59. The number of anilines is 1. The van der Waals surface area contributed by atoms with E-state index in [0.29, 0.717) is 12.2 Å². The Morgan fingerprint density at radius 3 is 2.52 bits per heavy atom. The van der Waals surface area contributed by atoms with Crippen LogP contribution in [-0.4, -0.2) is 39.4 Å². The summed E-state index contributed by atoms with van der Waals surface area (Å²) in [6.07, 6.45) is 1.13. The number of carbonyl (C=O) groups is 1. The number of nitrogens with one attached hydrogen (secondary N) is 1. The molecular weight excluding hydrogens is 404 g/mol. The van der Waals surface area contributed by atoms with E-state index in [1.807, 2.05) is 32.0 Å². The predicted molar refractivity (Wildman–Crippen MR) is 123 cm³/mol. The lowest BCUT2D eigenvalue weighted by Gasteiger charge is -2.25. The number of nitrogens with zero attached hydrogens (tertiary/aromatic N) is 1. The van der Waals surface area contributed by atoms with E-state index in [0.717, 1.165) is 23.3 Å². The molecule has 0 unspecified atom stereocenters. The SMILES string of the molecule is Cc1cccc(CSCCNC(=O)CN(c2ccccc2C(C)C)S(C)(=O)=O)c1. The summed E-state index contributed by atoms with van der Waals surface area (Å²) >= 11 is 1.74. The molecule has 0 bridgehead atoms. The van der Waals surface area contributed by atoms with E-state index >= 15 is 0 Å². The summed E-state index contributed by atoms with van der Waals surface area (Å²) in [5, 5.41) is 2.84. The normalized spacial score (nSPS) is 11.5. The predicted octanol–water partition coefficient (Wildman–Crippen LogP) is 3.93. The molecule has 1 N–H and O–H groups in total. The van der Waals surface area contributed by atoms with Crippen molar-refractivity contribution in [3.8, 4) is 0 Å². The average Bonchev–Trinajstić information content (AvgIpc) is 2.65. The summed E-state index contributed by atoms with van der Waals surface area (Å²) in [7, 11) is -3.58. The van der Waals surface area contributed by atoms with Gasteiger partial charge in [0.05, 0.1) is 11.9 Å². The van der Waals surface area contributed by atoms with Gasteiger partial charge in [-0.05, 0) is 30.0 Å². The highest BCUT2D eigenvalue weighted by Crippen LogP contribution is 2.28. The third-order valence-corrected chi connectivity index (χ3v) is 6.59. The first kappa shape index (κ1) is 23.3. The fourth-order valence-electron chi connectivity index (χ4n) is 3.02. The van der Waals surface area contributed by atoms with Crippen LogP contribution in [0.1, 0.15) is 36.5 Å². The maximum absolute atomic E-state index is 12.4. The van der Waals surface area contributed by atoms with Gasteiger partial charge < -0.3 is 5.32 Å². The summed E-state index contributed by atoms with van der Waals surface area (Å²) in [5.74, 6) is 1.50. The lowest BCUT2D eigenvalue weighted by atomic mass is 10.0. The number of carbonyl (C=O) groups excluding carboxylic acids is 1.